The summed E-state index contributed by atoms with van der Waals surface area (Å²) in [5.74, 6) is -0.616. The van der Waals surface area contributed by atoms with Gasteiger partial charge in [0, 0.05) is 12.0 Å². The van der Waals surface area contributed by atoms with Crippen molar-refractivity contribution in [3.63, 3.8) is 0 Å². The van der Waals surface area contributed by atoms with Gasteiger partial charge in [-0.3, -0.25) is 0 Å². The molecule has 0 heterocycles. The van der Waals surface area contributed by atoms with Crippen LogP contribution in [-0.2, 0) is 10.2 Å². The Balaban J connectivity index is 2.19. The van der Waals surface area contributed by atoms with Gasteiger partial charge in [-0.05, 0) is 42.3 Å². The van der Waals surface area contributed by atoms with Gasteiger partial charge in [-0.15, -0.1) is 0 Å². The van der Waals surface area contributed by atoms with Crippen LogP contribution in [0.15, 0.2) is 42.5 Å². The first-order chi connectivity index (χ1) is 11.9. The lowest BCUT2D eigenvalue weighted by Crippen LogP contribution is -2.19. The predicted molar refractivity (Wildman–Crippen MR) is 95.6 cm³/mol. The number of aromatic hydroxyl groups is 1. The van der Waals surface area contributed by atoms with Gasteiger partial charge >= 0.3 is 5.97 Å². The summed E-state index contributed by atoms with van der Waals surface area (Å²) in [6, 6.07) is 12.4. The molecule has 0 unspecified atom stereocenters. The third-order valence-corrected chi connectivity index (χ3v) is 4.23. The molecule has 2 aromatic carbocycles. The summed E-state index contributed by atoms with van der Waals surface area (Å²) >= 11 is 0. The lowest BCUT2D eigenvalue weighted by molar-refractivity contribution is 0.0693. The van der Waals surface area contributed by atoms with Gasteiger partial charge in [-0.1, -0.05) is 32.0 Å². The molecule has 0 saturated carbocycles. The summed E-state index contributed by atoms with van der Waals surface area (Å²) in [4.78, 5) is 11.2. The minimum absolute atomic E-state index is 0.0959. The molecule has 134 valence electrons. The molecule has 0 aromatic heterocycles. The summed E-state index contributed by atoms with van der Waals surface area (Å²) in [6.07, 6.45) is 0. The van der Waals surface area contributed by atoms with Gasteiger partial charge in [-0.2, -0.15) is 0 Å². The van der Waals surface area contributed by atoms with Gasteiger partial charge in [0.1, 0.15) is 23.7 Å². The van der Waals surface area contributed by atoms with Crippen LogP contribution in [0, 0.1) is 0 Å². The van der Waals surface area contributed by atoms with Crippen LogP contribution in [0.2, 0.25) is 0 Å². The minimum Gasteiger partial charge on any atom is -0.507 e. The highest BCUT2D eigenvalue weighted by atomic mass is 16.5. The zero-order valence-corrected chi connectivity index (χ0v) is 14.8. The van der Waals surface area contributed by atoms with Crippen molar-refractivity contribution in [2.75, 3.05) is 19.8 Å². The molecular formula is C20H24O5. The van der Waals surface area contributed by atoms with Crippen LogP contribution in [0.5, 0.6) is 11.5 Å². The quantitative estimate of drug-likeness (QED) is 0.712. The summed E-state index contributed by atoms with van der Waals surface area (Å²) in [6.45, 7) is 7.68. The number of ether oxygens (including phenoxy) is 2. The van der Waals surface area contributed by atoms with E-state index in [1.54, 1.807) is 6.07 Å². The Kier molecular flexibility index (Phi) is 6.04. The van der Waals surface area contributed by atoms with E-state index in [2.05, 4.69) is 0 Å². The number of carbonyl (C=O) groups is 1. The van der Waals surface area contributed by atoms with E-state index in [4.69, 9.17) is 9.47 Å². The van der Waals surface area contributed by atoms with Crippen LogP contribution >= 0.6 is 0 Å². The van der Waals surface area contributed by atoms with Crippen molar-refractivity contribution < 1.29 is 24.5 Å². The van der Waals surface area contributed by atoms with Gasteiger partial charge in [0.05, 0.1) is 6.61 Å². The Morgan fingerprint density at radius 3 is 2.28 bits per heavy atom. The number of rotatable bonds is 8. The number of benzene rings is 2. The maximum absolute atomic E-state index is 11.2. The Morgan fingerprint density at radius 2 is 1.68 bits per heavy atom. The second-order valence-electron chi connectivity index (χ2n) is 6.23. The standard InChI is InChI=1S/C20H24O5/c1-4-24-11-12-25-16-8-5-14(6-9-16)20(2,3)15-7-10-18(21)17(13-15)19(22)23/h5-10,13,21H,4,11-12H2,1-3H3,(H,22,23). The molecule has 0 bridgehead atoms. The monoisotopic (exact) mass is 344 g/mol. The lowest BCUT2D eigenvalue weighted by atomic mass is 9.77. The second-order valence-corrected chi connectivity index (χ2v) is 6.23. The Labute approximate surface area is 147 Å². The molecule has 0 spiro atoms. The number of carboxylic acid groups (broad SMARTS) is 1. The van der Waals surface area contributed by atoms with E-state index in [0.717, 1.165) is 16.9 Å². The van der Waals surface area contributed by atoms with Gasteiger partial charge in [-0.25, -0.2) is 4.79 Å². The molecule has 0 radical (unpaired) electrons. The molecule has 0 amide bonds. The molecule has 0 atom stereocenters. The van der Waals surface area contributed by atoms with Crippen molar-refractivity contribution in [2.45, 2.75) is 26.2 Å². The van der Waals surface area contributed by atoms with E-state index < -0.39 is 11.4 Å². The number of carboxylic acids is 1. The normalized spacial score (nSPS) is 11.3. The molecule has 0 fully saturated rings. The fraction of sp³-hybridized carbons (Fsp3) is 0.350. The van der Waals surface area contributed by atoms with Crippen LogP contribution < -0.4 is 4.74 Å². The summed E-state index contributed by atoms with van der Waals surface area (Å²) < 4.78 is 10.8. The molecular weight excluding hydrogens is 320 g/mol. The summed E-state index contributed by atoms with van der Waals surface area (Å²) in [5.41, 5.74) is 1.32. The van der Waals surface area contributed by atoms with Gasteiger partial charge in [0.25, 0.3) is 0 Å². The SMILES string of the molecule is CCOCCOc1ccc(C(C)(C)c2ccc(O)c(C(=O)O)c2)cc1. The Bertz CT molecular complexity index is 719. The van der Waals surface area contributed by atoms with E-state index in [0.29, 0.717) is 19.8 Å². The third kappa shape index (κ3) is 4.51. The lowest BCUT2D eigenvalue weighted by Gasteiger charge is -2.26. The van der Waals surface area contributed by atoms with Crippen LogP contribution in [0.4, 0.5) is 0 Å². The number of hydrogen-bond acceptors (Lipinski definition) is 4. The maximum Gasteiger partial charge on any atom is 0.339 e. The van der Waals surface area contributed by atoms with E-state index in [9.17, 15) is 15.0 Å². The topological polar surface area (TPSA) is 76.0 Å². The third-order valence-electron chi connectivity index (χ3n) is 4.23. The van der Waals surface area contributed by atoms with Crippen LogP contribution in [-0.4, -0.2) is 36.0 Å². The molecule has 0 aliphatic rings. The van der Waals surface area contributed by atoms with E-state index in [1.807, 2.05) is 45.0 Å². The highest BCUT2D eigenvalue weighted by Crippen LogP contribution is 2.34. The largest absolute Gasteiger partial charge is 0.507 e. The van der Waals surface area contributed by atoms with Crippen LogP contribution in [0.25, 0.3) is 0 Å². The zero-order chi connectivity index (χ0) is 18.4. The second kappa shape index (κ2) is 8.03. The fourth-order valence-electron chi connectivity index (χ4n) is 2.59. The van der Waals surface area contributed by atoms with E-state index in [1.165, 1.54) is 12.1 Å². The maximum atomic E-state index is 11.2. The number of aromatic carboxylic acids is 1. The molecule has 0 aliphatic carbocycles. The van der Waals surface area contributed by atoms with Crippen molar-refractivity contribution in [1.29, 1.82) is 0 Å². The fourth-order valence-corrected chi connectivity index (χ4v) is 2.59. The number of hydrogen-bond donors (Lipinski definition) is 2. The molecule has 25 heavy (non-hydrogen) atoms. The first kappa shape index (κ1) is 18.8. The van der Waals surface area contributed by atoms with Crippen molar-refractivity contribution >= 4 is 5.97 Å². The van der Waals surface area contributed by atoms with Crippen molar-refractivity contribution in [1.82, 2.24) is 0 Å². The Morgan fingerprint density at radius 1 is 1.04 bits per heavy atom. The van der Waals surface area contributed by atoms with Crippen molar-refractivity contribution in [3.05, 3.63) is 59.2 Å². The summed E-state index contributed by atoms with van der Waals surface area (Å²) in [7, 11) is 0. The molecule has 2 aromatic rings. The molecule has 2 N–H and O–H groups in total. The van der Waals surface area contributed by atoms with E-state index >= 15 is 0 Å². The number of phenols is 1. The molecule has 0 aliphatic heterocycles. The van der Waals surface area contributed by atoms with E-state index in [-0.39, 0.29) is 11.3 Å². The predicted octanol–water partition coefficient (Wildman–Crippen LogP) is 3.83. The van der Waals surface area contributed by atoms with Gasteiger partial charge < -0.3 is 19.7 Å². The van der Waals surface area contributed by atoms with Crippen LogP contribution in [0.3, 0.4) is 0 Å². The Hall–Kier alpha value is -2.53. The average molecular weight is 344 g/mol. The van der Waals surface area contributed by atoms with Crippen molar-refractivity contribution in [2.24, 2.45) is 0 Å². The zero-order valence-electron chi connectivity index (χ0n) is 14.8. The first-order valence-corrected chi connectivity index (χ1v) is 8.24. The average Bonchev–Trinajstić information content (AvgIpc) is 2.59. The molecule has 5 heteroatoms. The molecule has 0 saturated heterocycles. The smallest absolute Gasteiger partial charge is 0.339 e. The highest BCUT2D eigenvalue weighted by molar-refractivity contribution is 5.91. The van der Waals surface area contributed by atoms with Crippen molar-refractivity contribution in [3.8, 4) is 11.5 Å². The van der Waals surface area contributed by atoms with Gasteiger partial charge in [0.2, 0.25) is 0 Å². The van der Waals surface area contributed by atoms with Gasteiger partial charge in [0.15, 0.2) is 0 Å². The minimum atomic E-state index is -1.15. The highest BCUT2D eigenvalue weighted by Gasteiger charge is 2.25. The first-order valence-electron chi connectivity index (χ1n) is 8.24. The summed E-state index contributed by atoms with van der Waals surface area (Å²) in [5, 5.41) is 18.9. The molecule has 2 rings (SSSR count). The van der Waals surface area contributed by atoms with Crippen LogP contribution in [0.1, 0.15) is 42.3 Å². The molecule has 5 nitrogen and oxygen atoms in total.